The zero-order valence-electron chi connectivity index (χ0n) is 11.8. The van der Waals surface area contributed by atoms with E-state index >= 15 is 0 Å². The molecule has 0 saturated carbocycles. The van der Waals surface area contributed by atoms with E-state index in [2.05, 4.69) is 41.2 Å². The van der Waals surface area contributed by atoms with Crippen molar-refractivity contribution in [3.63, 3.8) is 0 Å². The smallest absolute Gasteiger partial charge is 0.151 e. The largest absolute Gasteiger partial charge is 0.383 e. The first kappa shape index (κ1) is 14.9. The average Bonchev–Trinajstić information content (AvgIpc) is 2.39. The molecule has 18 heavy (non-hydrogen) atoms. The van der Waals surface area contributed by atoms with Gasteiger partial charge in [-0.2, -0.15) is 5.10 Å². The zero-order chi connectivity index (χ0) is 13.4. The maximum absolute atomic E-state index is 5.18. The van der Waals surface area contributed by atoms with Crippen LogP contribution in [0.15, 0.2) is 12.1 Å². The Labute approximate surface area is 110 Å². The van der Waals surface area contributed by atoms with Gasteiger partial charge in [0, 0.05) is 20.2 Å². The topological polar surface area (TPSA) is 50.3 Å². The number of anilines is 1. The maximum atomic E-state index is 5.18. The van der Waals surface area contributed by atoms with Crippen molar-refractivity contribution in [3.8, 4) is 0 Å². The van der Waals surface area contributed by atoms with Gasteiger partial charge in [0.2, 0.25) is 0 Å². The number of likely N-dealkylation sites (N-methyl/N-ethyl adjacent to an activating group) is 1. The van der Waals surface area contributed by atoms with Gasteiger partial charge in [0.15, 0.2) is 5.82 Å². The first-order chi connectivity index (χ1) is 8.72. The molecule has 0 amide bonds. The first-order valence-corrected chi connectivity index (χ1v) is 6.51. The molecule has 0 fully saturated rings. The number of nitrogens with zero attached hydrogens (tertiary/aromatic N) is 3. The number of rotatable bonds is 8. The molecule has 0 aliphatic carbocycles. The number of nitrogens with one attached hydrogen (secondary N) is 1. The Kier molecular flexibility index (Phi) is 6.60. The van der Waals surface area contributed by atoms with E-state index in [0.29, 0.717) is 12.6 Å². The van der Waals surface area contributed by atoms with Gasteiger partial charge in [-0.3, -0.25) is 0 Å². The highest BCUT2D eigenvalue weighted by Crippen LogP contribution is 2.13. The molecule has 1 rings (SSSR count). The molecule has 0 aliphatic heterocycles. The molecule has 0 spiro atoms. The predicted molar refractivity (Wildman–Crippen MR) is 73.8 cm³/mol. The van der Waals surface area contributed by atoms with Crippen LogP contribution in [0.25, 0.3) is 0 Å². The van der Waals surface area contributed by atoms with Crippen molar-refractivity contribution in [2.45, 2.75) is 33.4 Å². The molecule has 1 N–H and O–H groups in total. The van der Waals surface area contributed by atoms with Crippen LogP contribution >= 0.6 is 0 Å². The van der Waals surface area contributed by atoms with Gasteiger partial charge in [0.1, 0.15) is 0 Å². The highest BCUT2D eigenvalue weighted by molar-refractivity contribution is 5.38. The Morgan fingerprint density at radius 2 is 2.11 bits per heavy atom. The molecule has 102 valence electrons. The van der Waals surface area contributed by atoms with Crippen LogP contribution in [-0.4, -0.2) is 43.0 Å². The summed E-state index contributed by atoms with van der Waals surface area (Å²) in [7, 11) is 1.72. The molecule has 5 nitrogen and oxygen atoms in total. The molecular formula is C13H24N4O. The molecule has 0 saturated heterocycles. The second-order valence-corrected chi connectivity index (χ2v) is 4.25. The minimum atomic E-state index is 0.300. The Morgan fingerprint density at radius 1 is 1.33 bits per heavy atom. The number of aromatic nitrogens is 2. The maximum Gasteiger partial charge on any atom is 0.151 e. The second-order valence-electron chi connectivity index (χ2n) is 4.25. The third-order valence-corrected chi connectivity index (χ3v) is 2.84. The Hall–Kier alpha value is -1.20. The highest BCUT2D eigenvalue weighted by Gasteiger charge is 2.14. The normalized spacial score (nSPS) is 12.4. The molecular weight excluding hydrogens is 228 g/mol. The number of hydrogen-bond donors (Lipinski definition) is 1. The van der Waals surface area contributed by atoms with E-state index in [1.54, 1.807) is 7.11 Å². The predicted octanol–water partition coefficient (Wildman–Crippen LogP) is 1.45. The fourth-order valence-corrected chi connectivity index (χ4v) is 1.88. The fraction of sp³-hybridized carbons (Fsp3) is 0.692. The van der Waals surface area contributed by atoms with Crippen molar-refractivity contribution in [2.75, 3.05) is 31.7 Å². The van der Waals surface area contributed by atoms with E-state index in [1.165, 1.54) is 0 Å². The van der Waals surface area contributed by atoms with Crippen LogP contribution in [0.5, 0.6) is 0 Å². The minimum absolute atomic E-state index is 0.300. The molecule has 1 aromatic rings. The van der Waals surface area contributed by atoms with E-state index in [4.69, 9.17) is 4.74 Å². The van der Waals surface area contributed by atoms with Crippen molar-refractivity contribution >= 4 is 5.82 Å². The van der Waals surface area contributed by atoms with Crippen LogP contribution in [-0.2, 0) is 11.3 Å². The molecule has 0 aromatic carbocycles. The summed E-state index contributed by atoms with van der Waals surface area (Å²) in [5.74, 6) is 0.905. The first-order valence-electron chi connectivity index (χ1n) is 6.51. The Morgan fingerprint density at radius 3 is 2.61 bits per heavy atom. The van der Waals surface area contributed by atoms with Crippen LogP contribution in [0.2, 0.25) is 0 Å². The summed E-state index contributed by atoms with van der Waals surface area (Å²) in [6.45, 7) is 9.61. The summed E-state index contributed by atoms with van der Waals surface area (Å²) in [4.78, 5) is 2.19. The van der Waals surface area contributed by atoms with Gasteiger partial charge in [-0.15, -0.1) is 5.10 Å². The van der Waals surface area contributed by atoms with E-state index < -0.39 is 0 Å². The zero-order valence-corrected chi connectivity index (χ0v) is 11.8. The van der Waals surface area contributed by atoms with Gasteiger partial charge in [0.05, 0.1) is 18.3 Å². The summed E-state index contributed by atoms with van der Waals surface area (Å²) in [6, 6.07) is 4.34. The van der Waals surface area contributed by atoms with Crippen molar-refractivity contribution in [3.05, 3.63) is 17.8 Å². The SMILES string of the molecule is CCNCc1ccc(N(CC)C(C)COC)nn1. The molecule has 5 heteroatoms. The summed E-state index contributed by atoms with van der Waals surface area (Å²) in [6.07, 6.45) is 0. The van der Waals surface area contributed by atoms with E-state index in [-0.39, 0.29) is 0 Å². The lowest BCUT2D eigenvalue weighted by atomic mass is 10.3. The van der Waals surface area contributed by atoms with E-state index in [1.807, 2.05) is 12.1 Å². The van der Waals surface area contributed by atoms with Crippen LogP contribution in [0.3, 0.4) is 0 Å². The van der Waals surface area contributed by atoms with Gasteiger partial charge in [-0.25, -0.2) is 0 Å². The van der Waals surface area contributed by atoms with Gasteiger partial charge < -0.3 is 15.0 Å². The number of methoxy groups -OCH3 is 1. The van der Waals surface area contributed by atoms with Crippen LogP contribution in [0.4, 0.5) is 5.82 Å². The molecule has 1 heterocycles. The highest BCUT2D eigenvalue weighted by atomic mass is 16.5. The molecule has 0 radical (unpaired) electrons. The summed E-state index contributed by atoms with van der Waals surface area (Å²) in [5, 5.41) is 11.8. The van der Waals surface area contributed by atoms with Crippen molar-refractivity contribution in [1.29, 1.82) is 0 Å². The summed E-state index contributed by atoms with van der Waals surface area (Å²) in [5.41, 5.74) is 0.969. The van der Waals surface area contributed by atoms with Crippen molar-refractivity contribution < 1.29 is 4.74 Å². The monoisotopic (exact) mass is 252 g/mol. The Bertz CT molecular complexity index is 328. The second kappa shape index (κ2) is 8.00. The molecule has 1 unspecified atom stereocenters. The lowest BCUT2D eigenvalue weighted by Gasteiger charge is -2.28. The molecule has 1 atom stereocenters. The van der Waals surface area contributed by atoms with Crippen molar-refractivity contribution in [2.24, 2.45) is 0 Å². The summed E-state index contributed by atoms with van der Waals surface area (Å²) < 4.78 is 5.18. The molecule has 0 bridgehead atoms. The van der Waals surface area contributed by atoms with Crippen molar-refractivity contribution in [1.82, 2.24) is 15.5 Å². The van der Waals surface area contributed by atoms with E-state index in [9.17, 15) is 0 Å². The third-order valence-electron chi connectivity index (χ3n) is 2.84. The van der Waals surface area contributed by atoms with Gasteiger partial charge >= 0.3 is 0 Å². The van der Waals surface area contributed by atoms with Crippen LogP contribution in [0, 0.1) is 0 Å². The Balaban J connectivity index is 2.69. The van der Waals surface area contributed by atoms with Gasteiger partial charge in [0.25, 0.3) is 0 Å². The quantitative estimate of drug-likeness (QED) is 0.759. The average molecular weight is 252 g/mol. The number of ether oxygens (including phenoxy) is 1. The van der Waals surface area contributed by atoms with Crippen LogP contribution < -0.4 is 10.2 Å². The number of hydrogen-bond acceptors (Lipinski definition) is 5. The summed E-state index contributed by atoms with van der Waals surface area (Å²) >= 11 is 0. The fourth-order valence-electron chi connectivity index (χ4n) is 1.88. The standard InChI is InChI=1S/C13H24N4O/c1-5-14-9-12-7-8-13(16-15-12)17(6-2)11(3)10-18-4/h7-8,11,14H,5-6,9-10H2,1-4H3. The lowest BCUT2D eigenvalue weighted by molar-refractivity contribution is 0.181. The third kappa shape index (κ3) is 4.23. The van der Waals surface area contributed by atoms with E-state index in [0.717, 1.165) is 31.1 Å². The lowest BCUT2D eigenvalue weighted by Crippen LogP contribution is -2.36. The van der Waals surface area contributed by atoms with Gasteiger partial charge in [-0.05, 0) is 32.5 Å². The molecule has 1 aromatic heterocycles. The minimum Gasteiger partial charge on any atom is -0.383 e. The van der Waals surface area contributed by atoms with Gasteiger partial charge in [-0.1, -0.05) is 6.92 Å². The molecule has 0 aliphatic rings. The van der Waals surface area contributed by atoms with Crippen LogP contribution in [0.1, 0.15) is 26.5 Å².